The number of benzene rings is 3. The van der Waals surface area contributed by atoms with E-state index in [-0.39, 0.29) is 12.5 Å². The lowest BCUT2D eigenvalue weighted by Gasteiger charge is -2.42. The predicted molar refractivity (Wildman–Crippen MR) is 173 cm³/mol. The molecule has 232 valence electrons. The number of nitrogens with one attached hydrogen (secondary N) is 2. The van der Waals surface area contributed by atoms with E-state index in [0.29, 0.717) is 37.3 Å². The first-order chi connectivity index (χ1) is 22.0. The fourth-order valence-corrected chi connectivity index (χ4v) is 6.17. The fourth-order valence-electron chi connectivity index (χ4n) is 6.17. The van der Waals surface area contributed by atoms with Gasteiger partial charge < -0.3 is 24.8 Å². The molecule has 0 radical (unpaired) electrons. The van der Waals surface area contributed by atoms with Crippen LogP contribution in [-0.4, -0.2) is 43.4 Å². The van der Waals surface area contributed by atoms with Gasteiger partial charge in [-0.1, -0.05) is 84.9 Å². The normalized spacial score (nSPS) is 18.8. The number of rotatable bonds is 10. The van der Waals surface area contributed by atoms with Gasteiger partial charge in [0.15, 0.2) is 0 Å². The maximum Gasteiger partial charge on any atom is 0.408 e. The summed E-state index contributed by atoms with van der Waals surface area (Å²) in [5.41, 5.74) is 5.53. The number of hydrogen-bond acceptors (Lipinski definition) is 6. The van der Waals surface area contributed by atoms with Crippen LogP contribution in [-0.2, 0) is 31.2 Å². The molecule has 1 saturated heterocycles. The van der Waals surface area contributed by atoms with E-state index in [9.17, 15) is 9.59 Å². The molecular formula is C37H39N3O5. The molecule has 0 bridgehead atoms. The molecule has 0 atom stereocenters. The van der Waals surface area contributed by atoms with Crippen LogP contribution >= 0.6 is 0 Å². The molecule has 2 heterocycles. The first-order valence-electron chi connectivity index (χ1n) is 15.6. The van der Waals surface area contributed by atoms with Crippen molar-refractivity contribution in [2.45, 2.75) is 50.4 Å². The summed E-state index contributed by atoms with van der Waals surface area (Å²) in [4.78, 5) is 30.5. The summed E-state index contributed by atoms with van der Waals surface area (Å²) in [5.74, 6) is 0.386. The highest BCUT2D eigenvalue weighted by Gasteiger charge is 2.42. The number of anilines is 1. The third-order valence-corrected chi connectivity index (χ3v) is 8.82. The summed E-state index contributed by atoms with van der Waals surface area (Å²) in [7, 11) is 1.76. The molecule has 1 aliphatic heterocycles. The topological polar surface area (TPSA) is 98.8 Å². The van der Waals surface area contributed by atoms with E-state index in [4.69, 9.17) is 19.2 Å². The van der Waals surface area contributed by atoms with Gasteiger partial charge in [-0.2, -0.15) is 0 Å². The van der Waals surface area contributed by atoms with Crippen molar-refractivity contribution in [3.8, 4) is 22.4 Å². The van der Waals surface area contributed by atoms with Crippen molar-refractivity contribution < 1.29 is 23.8 Å². The third-order valence-electron chi connectivity index (χ3n) is 8.82. The van der Waals surface area contributed by atoms with Crippen LogP contribution in [0.3, 0.4) is 0 Å². The predicted octanol–water partition coefficient (Wildman–Crippen LogP) is 7.10. The zero-order valence-electron chi connectivity index (χ0n) is 25.5. The summed E-state index contributed by atoms with van der Waals surface area (Å²) in [6.45, 7) is 0.924. The van der Waals surface area contributed by atoms with Crippen LogP contribution < -0.4 is 10.6 Å². The molecule has 45 heavy (non-hydrogen) atoms. The average Bonchev–Trinajstić information content (AvgIpc) is 3.07. The van der Waals surface area contributed by atoms with Gasteiger partial charge in [0.25, 0.3) is 0 Å². The Morgan fingerprint density at radius 3 is 2.22 bits per heavy atom. The number of carbonyl (C=O) groups excluding carboxylic acids is 2. The van der Waals surface area contributed by atoms with Crippen molar-refractivity contribution in [2.75, 3.05) is 25.6 Å². The number of carbonyl (C=O) groups is 2. The van der Waals surface area contributed by atoms with E-state index in [1.54, 1.807) is 13.3 Å². The van der Waals surface area contributed by atoms with E-state index in [0.717, 1.165) is 59.2 Å². The summed E-state index contributed by atoms with van der Waals surface area (Å²) >= 11 is 0. The number of ether oxygens (including phenoxy) is 3. The van der Waals surface area contributed by atoms with Gasteiger partial charge in [0.05, 0.1) is 36.9 Å². The largest absolute Gasteiger partial charge is 0.445 e. The number of amides is 2. The molecule has 2 aliphatic rings. The number of nitrogens with zero attached hydrogens (tertiary/aromatic N) is 1. The average molecular weight is 606 g/mol. The Labute approximate surface area is 264 Å². The van der Waals surface area contributed by atoms with Gasteiger partial charge in [-0.15, -0.1) is 0 Å². The molecule has 0 spiro atoms. The van der Waals surface area contributed by atoms with Crippen LogP contribution in [0.15, 0.2) is 97.2 Å². The Morgan fingerprint density at radius 1 is 0.889 bits per heavy atom. The van der Waals surface area contributed by atoms with Crippen LogP contribution in [0, 0.1) is 5.92 Å². The first kappa shape index (κ1) is 30.5. The van der Waals surface area contributed by atoms with Gasteiger partial charge in [-0.25, -0.2) is 4.79 Å². The quantitative estimate of drug-likeness (QED) is 0.200. The van der Waals surface area contributed by atoms with Crippen LogP contribution in [0.5, 0.6) is 0 Å². The van der Waals surface area contributed by atoms with E-state index < -0.39 is 11.6 Å². The molecule has 2 N–H and O–H groups in total. The van der Waals surface area contributed by atoms with Crippen LogP contribution in [0.1, 0.15) is 43.2 Å². The minimum Gasteiger partial charge on any atom is -0.445 e. The number of alkyl carbamates (subject to hydrolysis) is 1. The van der Waals surface area contributed by atoms with E-state index in [1.807, 2.05) is 91.0 Å². The van der Waals surface area contributed by atoms with Crippen molar-refractivity contribution in [1.29, 1.82) is 0 Å². The van der Waals surface area contributed by atoms with E-state index in [2.05, 4.69) is 10.6 Å². The zero-order valence-corrected chi connectivity index (χ0v) is 25.5. The smallest absolute Gasteiger partial charge is 0.408 e. The summed E-state index contributed by atoms with van der Waals surface area (Å²) < 4.78 is 16.5. The first-order valence-corrected chi connectivity index (χ1v) is 15.6. The van der Waals surface area contributed by atoms with Gasteiger partial charge >= 0.3 is 6.09 Å². The van der Waals surface area contributed by atoms with E-state index >= 15 is 0 Å². The van der Waals surface area contributed by atoms with Crippen molar-refractivity contribution in [2.24, 2.45) is 5.92 Å². The van der Waals surface area contributed by atoms with Gasteiger partial charge in [-0.05, 0) is 54.4 Å². The Bertz CT molecular complexity index is 1580. The molecule has 2 amide bonds. The molecule has 0 unspecified atom stereocenters. The second-order valence-electron chi connectivity index (χ2n) is 12.0. The Balaban J connectivity index is 1.17. The van der Waals surface area contributed by atoms with Crippen LogP contribution in [0.25, 0.3) is 22.4 Å². The molecule has 2 fully saturated rings. The molecule has 8 nitrogen and oxygen atoms in total. The standard InChI is InChI=1S/C37H39N3O5/c1-43-32-18-12-26(13-19-32)20-34(41)39-31-21-33(28-10-6-3-7-11-28)35(38-22-31)29-14-16-30(17-15-29)37(24-44-25-37)40-36(42)45-23-27-8-4-2-5-9-27/h2-11,14-17,21-22,26,32H,12-13,18-20,23-25H2,1H3,(H,39,41)(H,40,42). The molecule has 4 aromatic rings. The number of pyridine rings is 1. The Kier molecular flexibility index (Phi) is 9.52. The lowest BCUT2D eigenvalue weighted by atomic mass is 9.85. The molecule has 8 heteroatoms. The zero-order chi connectivity index (χ0) is 31.1. The molecule has 1 aromatic heterocycles. The number of aromatic nitrogens is 1. The molecule has 1 saturated carbocycles. The van der Waals surface area contributed by atoms with Gasteiger partial charge in [0.2, 0.25) is 5.91 Å². The molecule has 1 aliphatic carbocycles. The summed E-state index contributed by atoms with van der Waals surface area (Å²) in [6.07, 6.45) is 6.07. The fraction of sp³-hybridized carbons (Fsp3) is 0.324. The maximum absolute atomic E-state index is 13.0. The lowest BCUT2D eigenvalue weighted by molar-refractivity contribution is -0.117. The van der Waals surface area contributed by atoms with Gasteiger partial charge in [0.1, 0.15) is 12.1 Å². The highest BCUT2D eigenvalue weighted by atomic mass is 16.6. The van der Waals surface area contributed by atoms with Crippen molar-refractivity contribution in [3.63, 3.8) is 0 Å². The Hall–Kier alpha value is -4.53. The highest BCUT2D eigenvalue weighted by molar-refractivity contribution is 5.93. The lowest BCUT2D eigenvalue weighted by Crippen LogP contribution is -2.59. The third kappa shape index (κ3) is 7.41. The van der Waals surface area contributed by atoms with Gasteiger partial charge in [0, 0.05) is 24.7 Å². The maximum atomic E-state index is 13.0. The van der Waals surface area contributed by atoms with Crippen LogP contribution in [0.2, 0.25) is 0 Å². The van der Waals surface area contributed by atoms with Crippen molar-refractivity contribution >= 4 is 17.7 Å². The van der Waals surface area contributed by atoms with Gasteiger partial charge in [-0.3, -0.25) is 9.78 Å². The number of methoxy groups -OCH3 is 1. The van der Waals surface area contributed by atoms with Crippen LogP contribution in [0.4, 0.5) is 10.5 Å². The summed E-state index contributed by atoms with van der Waals surface area (Å²) in [6, 6.07) is 29.7. The second-order valence-corrected chi connectivity index (χ2v) is 12.0. The minimum atomic E-state index is -0.654. The van der Waals surface area contributed by atoms with Crippen molar-refractivity contribution in [3.05, 3.63) is 108 Å². The molecule has 6 rings (SSSR count). The second kappa shape index (κ2) is 14.1. The minimum absolute atomic E-state index is 0.0107. The highest BCUT2D eigenvalue weighted by Crippen LogP contribution is 2.36. The Morgan fingerprint density at radius 2 is 1.58 bits per heavy atom. The monoisotopic (exact) mass is 605 g/mol. The molecule has 3 aromatic carbocycles. The van der Waals surface area contributed by atoms with Crippen molar-refractivity contribution in [1.82, 2.24) is 10.3 Å². The number of hydrogen-bond donors (Lipinski definition) is 2. The molecular weight excluding hydrogens is 566 g/mol. The SMILES string of the molecule is COC1CCC(CC(=O)Nc2cnc(-c3ccc(C4(NC(=O)OCc5ccccc5)COC4)cc3)c(-c3ccccc3)c2)CC1. The van der Waals surface area contributed by atoms with E-state index in [1.165, 1.54) is 0 Å². The summed E-state index contributed by atoms with van der Waals surface area (Å²) in [5, 5.41) is 6.11.